The van der Waals surface area contributed by atoms with Crippen LogP contribution >= 0.6 is 0 Å². The highest BCUT2D eigenvalue weighted by molar-refractivity contribution is 6.00. The summed E-state index contributed by atoms with van der Waals surface area (Å²) < 4.78 is 11.1. The van der Waals surface area contributed by atoms with E-state index in [9.17, 15) is 4.79 Å². The smallest absolute Gasteiger partial charge is 0.170 e. The Balaban J connectivity index is 2.35. The molecular weight excluding hydrogens is 204 g/mol. The zero-order valence-corrected chi connectivity index (χ0v) is 9.66. The van der Waals surface area contributed by atoms with Crippen molar-refractivity contribution in [1.29, 1.82) is 0 Å². The lowest BCUT2D eigenvalue weighted by Gasteiger charge is -2.36. The highest BCUT2D eigenvalue weighted by Crippen LogP contribution is 2.35. The van der Waals surface area contributed by atoms with E-state index in [4.69, 9.17) is 9.47 Å². The van der Waals surface area contributed by atoms with Crippen LogP contribution in [0.5, 0.6) is 5.75 Å². The molecule has 0 spiro atoms. The van der Waals surface area contributed by atoms with Crippen LogP contribution in [0.1, 0.15) is 30.1 Å². The molecule has 1 atom stereocenters. The van der Waals surface area contributed by atoms with Crippen molar-refractivity contribution in [3.05, 3.63) is 29.8 Å². The zero-order chi connectivity index (χ0) is 11.6. The fourth-order valence-corrected chi connectivity index (χ4v) is 2.09. The third kappa shape index (κ3) is 1.83. The Morgan fingerprint density at radius 2 is 2.19 bits per heavy atom. The number of ketones is 1. The Bertz CT molecular complexity index is 400. The molecule has 2 rings (SSSR count). The lowest BCUT2D eigenvalue weighted by molar-refractivity contribution is -0.0211. The molecule has 1 heterocycles. The van der Waals surface area contributed by atoms with E-state index in [1.165, 1.54) is 0 Å². The average molecular weight is 220 g/mol. The molecule has 0 radical (unpaired) electrons. The van der Waals surface area contributed by atoms with Gasteiger partial charge < -0.3 is 9.47 Å². The van der Waals surface area contributed by atoms with Gasteiger partial charge in [-0.2, -0.15) is 0 Å². The van der Waals surface area contributed by atoms with E-state index in [1.54, 1.807) is 7.11 Å². The van der Waals surface area contributed by atoms with Gasteiger partial charge in [0.05, 0.1) is 18.6 Å². The number of hydrogen-bond acceptors (Lipinski definition) is 3. The van der Waals surface area contributed by atoms with Crippen molar-refractivity contribution in [1.82, 2.24) is 0 Å². The number of hydrogen-bond donors (Lipinski definition) is 0. The minimum atomic E-state index is -0.486. The number of methoxy groups -OCH3 is 1. The van der Waals surface area contributed by atoms with Crippen molar-refractivity contribution in [2.45, 2.75) is 25.4 Å². The summed E-state index contributed by atoms with van der Waals surface area (Å²) in [4.78, 5) is 12.0. The minimum Gasteiger partial charge on any atom is -0.484 e. The molecule has 0 bridgehead atoms. The summed E-state index contributed by atoms with van der Waals surface area (Å²) in [5.41, 5.74) is 0.197. The van der Waals surface area contributed by atoms with Crippen molar-refractivity contribution >= 4 is 5.78 Å². The van der Waals surface area contributed by atoms with Crippen molar-refractivity contribution in [2.24, 2.45) is 0 Å². The minimum absolute atomic E-state index is 0.140. The number of rotatable bonds is 3. The number of fused-ring (bicyclic) bond motifs is 1. The molecule has 1 aromatic rings. The van der Waals surface area contributed by atoms with Crippen molar-refractivity contribution in [3.63, 3.8) is 0 Å². The Kier molecular flexibility index (Phi) is 2.97. The van der Waals surface area contributed by atoms with Crippen LogP contribution in [0.25, 0.3) is 0 Å². The van der Waals surface area contributed by atoms with Gasteiger partial charge in [0, 0.05) is 7.11 Å². The summed E-state index contributed by atoms with van der Waals surface area (Å²) in [7, 11) is 1.63. The second kappa shape index (κ2) is 4.26. The van der Waals surface area contributed by atoms with Gasteiger partial charge in [0.1, 0.15) is 11.4 Å². The molecule has 0 aliphatic carbocycles. The van der Waals surface area contributed by atoms with Gasteiger partial charge in [-0.15, -0.1) is 0 Å². The summed E-state index contributed by atoms with van der Waals surface area (Å²) in [6.07, 6.45) is 1.16. The number of benzene rings is 1. The van der Waals surface area contributed by atoms with Crippen LogP contribution in [0.3, 0.4) is 0 Å². The standard InChI is InChI=1S/C13H16O3/c1-3-13(9-15-2)8-11(14)10-6-4-5-7-12(10)16-13/h4-7H,3,8-9H2,1-2H3. The van der Waals surface area contributed by atoms with E-state index in [0.717, 1.165) is 6.42 Å². The maximum Gasteiger partial charge on any atom is 0.170 e. The number of carbonyl (C=O) groups excluding carboxylic acids is 1. The van der Waals surface area contributed by atoms with E-state index < -0.39 is 5.60 Å². The van der Waals surface area contributed by atoms with Crippen LogP contribution in [-0.2, 0) is 4.74 Å². The number of Topliss-reactive ketones (excluding diaryl/α,β-unsaturated/α-hetero) is 1. The summed E-state index contributed by atoms with van der Waals surface area (Å²) >= 11 is 0. The largest absolute Gasteiger partial charge is 0.484 e. The molecular formula is C13H16O3. The Hall–Kier alpha value is -1.35. The van der Waals surface area contributed by atoms with Crippen molar-refractivity contribution < 1.29 is 14.3 Å². The van der Waals surface area contributed by atoms with Gasteiger partial charge >= 0.3 is 0 Å². The fraction of sp³-hybridized carbons (Fsp3) is 0.462. The second-order valence-electron chi connectivity index (χ2n) is 4.17. The Morgan fingerprint density at radius 1 is 1.44 bits per heavy atom. The molecule has 1 unspecified atom stereocenters. The van der Waals surface area contributed by atoms with E-state index in [1.807, 2.05) is 31.2 Å². The first-order valence-corrected chi connectivity index (χ1v) is 5.51. The number of ether oxygens (including phenoxy) is 2. The first-order chi connectivity index (χ1) is 7.71. The molecule has 0 saturated heterocycles. The summed E-state index contributed by atoms with van der Waals surface area (Å²) in [5, 5.41) is 0. The van der Waals surface area contributed by atoms with Gasteiger partial charge in [-0.25, -0.2) is 0 Å². The molecule has 3 heteroatoms. The summed E-state index contributed by atoms with van der Waals surface area (Å²) in [6, 6.07) is 7.39. The molecule has 0 saturated carbocycles. The van der Waals surface area contributed by atoms with Crippen molar-refractivity contribution in [2.75, 3.05) is 13.7 Å². The van der Waals surface area contributed by atoms with Crippen LogP contribution in [0, 0.1) is 0 Å². The van der Waals surface area contributed by atoms with Crippen LogP contribution in [0.2, 0.25) is 0 Å². The molecule has 1 aliphatic rings. The molecule has 1 aromatic carbocycles. The predicted molar refractivity (Wildman–Crippen MR) is 60.9 cm³/mol. The third-order valence-electron chi connectivity index (χ3n) is 3.05. The van der Waals surface area contributed by atoms with Crippen LogP contribution in [0.15, 0.2) is 24.3 Å². The van der Waals surface area contributed by atoms with Crippen LogP contribution in [0.4, 0.5) is 0 Å². The molecule has 0 fully saturated rings. The normalized spacial score (nSPS) is 23.8. The number of para-hydroxylation sites is 1. The average Bonchev–Trinajstić information content (AvgIpc) is 2.29. The fourth-order valence-electron chi connectivity index (χ4n) is 2.09. The summed E-state index contributed by atoms with van der Waals surface area (Å²) in [6.45, 7) is 2.46. The highest BCUT2D eigenvalue weighted by atomic mass is 16.5. The quantitative estimate of drug-likeness (QED) is 0.784. The first kappa shape index (κ1) is 11.1. The van der Waals surface area contributed by atoms with Crippen molar-refractivity contribution in [3.8, 4) is 5.75 Å². The second-order valence-corrected chi connectivity index (χ2v) is 4.17. The van der Waals surface area contributed by atoms with E-state index >= 15 is 0 Å². The highest BCUT2D eigenvalue weighted by Gasteiger charge is 2.38. The van der Waals surface area contributed by atoms with E-state index in [0.29, 0.717) is 24.3 Å². The zero-order valence-electron chi connectivity index (χ0n) is 9.66. The number of carbonyl (C=O) groups is 1. The van der Waals surface area contributed by atoms with Gasteiger partial charge in [0.15, 0.2) is 5.78 Å². The molecule has 3 nitrogen and oxygen atoms in total. The lowest BCUT2D eigenvalue weighted by Crippen LogP contribution is -2.45. The molecule has 16 heavy (non-hydrogen) atoms. The predicted octanol–water partition coefficient (Wildman–Crippen LogP) is 2.45. The van der Waals surface area contributed by atoms with Crippen LogP contribution in [-0.4, -0.2) is 25.1 Å². The van der Waals surface area contributed by atoms with Gasteiger partial charge in [-0.05, 0) is 18.6 Å². The first-order valence-electron chi connectivity index (χ1n) is 5.51. The third-order valence-corrected chi connectivity index (χ3v) is 3.05. The molecule has 1 aliphatic heterocycles. The van der Waals surface area contributed by atoms with Gasteiger partial charge in [-0.1, -0.05) is 19.1 Å². The summed E-state index contributed by atoms with van der Waals surface area (Å²) in [5.74, 6) is 0.818. The molecule has 86 valence electrons. The van der Waals surface area contributed by atoms with Gasteiger partial charge in [0.2, 0.25) is 0 Å². The van der Waals surface area contributed by atoms with Gasteiger partial charge in [-0.3, -0.25) is 4.79 Å². The molecule has 0 aromatic heterocycles. The molecule has 0 amide bonds. The Labute approximate surface area is 95.4 Å². The van der Waals surface area contributed by atoms with E-state index in [-0.39, 0.29) is 5.78 Å². The maximum atomic E-state index is 12.0. The van der Waals surface area contributed by atoms with E-state index in [2.05, 4.69) is 0 Å². The SMILES string of the molecule is CCC1(COC)CC(=O)c2ccccc2O1. The Morgan fingerprint density at radius 3 is 2.88 bits per heavy atom. The lowest BCUT2D eigenvalue weighted by atomic mass is 9.88. The maximum absolute atomic E-state index is 12.0. The van der Waals surface area contributed by atoms with Gasteiger partial charge in [0.25, 0.3) is 0 Å². The monoisotopic (exact) mass is 220 g/mol. The molecule has 0 N–H and O–H groups in total. The topological polar surface area (TPSA) is 35.5 Å². The van der Waals surface area contributed by atoms with Crippen LogP contribution < -0.4 is 4.74 Å².